The second-order valence-electron chi connectivity index (χ2n) is 3.85. The van der Waals surface area contributed by atoms with Crippen molar-refractivity contribution in [1.29, 1.82) is 0 Å². The zero-order valence-corrected chi connectivity index (χ0v) is 10.7. The molecule has 0 aliphatic carbocycles. The van der Waals surface area contributed by atoms with Gasteiger partial charge in [0.25, 0.3) is 0 Å². The Balaban J connectivity index is 2.82. The molecule has 2 atom stereocenters. The highest BCUT2D eigenvalue weighted by molar-refractivity contribution is 6.42. The number of hydrogen-bond acceptors (Lipinski definition) is 2. The molecule has 1 aromatic carbocycles. The van der Waals surface area contributed by atoms with E-state index < -0.39 is 6.10 Å². The van der Waals surface area contributed by atoms with E-state index >= 15 is 0 Å². The molecule has 16 heavy (non-hydrogen) atoms. The number of halogens is 2. The molecule has 0 aliphatic rings. The minimum atomic E-state index is -0.681. The summed E-state index contributed by atoms with van der Waals surface area (Å²) < 4.78 is 0. The Labute approximate surface area is 106 Å². The van der Waals surface area contributed by atoms with Crippen molar-refractivity contribution in [2.75, 3.05) is 6.61 Å². The normalized spacial score (nSPS) is 14.8. The van der Waals surface area contributed by atoms with E-state index in [1.54, 1.807) is 6.07 Å². The number of benzene rings is 1. The highest BCUT2D eigenvalue weighted by Crippen LogP contribution is 2.30. The Morgan fingerprint density at radius 1 is 1.25 bits per heavy atom. The molecule has 0 amide bonds. The highest BCUT2D eigenvalue weighted by Gasteiger charge is 2.15. The molecule has 0 saturated heterocycles. The van der Waals surface area contributed by atoms with E-state index in [9.17, 15) is 5.11 Å². The monoisotopic (exact) mass is 262 g/mol. The molecular weight excluding hydrogens is 247 g/mol. The molecule has 1 rings (SSSR count). The second-order valence-corrected chi connectivity index (χ2v) is 4.67. The summed E-state index contributed by atoms with van der Waals surface area (Å²) in [7, 11) is 0. The molecule has 1 aromatic rings. The van der Waals surface area contributed by atoms with Gasteiger partial charge in [-0.25, -0.2) is 0 Å². The lowest BCUT2D eigenvalue weighted by molar-refractivity contribution is 0.0817. The van der Waals surface area contributed by atoms with Gasteiger partial charge in [0, 0.05) is 0 Å². The molecule has 90 valence electrons. The molecule has 0 aliphatic heterocycles. The van der Waals surface area contributed by atoms with Crippen molar-refractivity contribution in [2.24, 2.45) is 0 Å². The smallest absolute Gasteiger partial charge is 0.0776 e. The summed E-state index contributed by atoms with van der Waals surface area (Å²) in [5, 5.41) is 19.3. The van der Waals surface area contributed by atoms with Crippen LogP contribution in [0.4, 0.5) is 0 Å². The van der Waals surface area contributed by atoms with Crippen LogP contribution < -0.4 is 0 Å². The molecule has 0 spiro atoms. The Morgan fingerprint density at radius 3 is 2.44 bits per heavy atom. The molecule has 0 heterocycles. The zero-order valence-electron chi connectivity index (χ0n) is 9.16. The molecule has 0 fully saturated rings. The quantitative estimate of drug-likeness (QED) is 0.856. The van der Waals surface area contributed by atoms with Crippen molar-refractivity contribution in [3.63, 3.8) is 0 Å². The first-order valence-electron chi connectivity index (χ1n) is 5.32. The van der Waals surface area contributed by atoms with Crippen molar-refractivity contribution >= 4 is 23.2 Å². The predicted octanol–water partition coefficient (Wildman–Crippen LogP) is 3.23. The molecule has 0 radical (unpaired) electrons. The fraction of sp³-hybridized carbons (Fsp3) is 0.500. The van der Waals surface area contributed by atoms with Crippen LogP contribution in [-0.4, -0.2) is 22.9 Å². The Bertz CT molecular complexity index is 342. The first kappa shape index (κ1) is 13.8. The van der Waals surface area contributed by atoms with Crippen molar-refractivity contribution < 1.29 is 10.2 Å². The van der Waals surface area contributed by atoms with E-state index in [4.69, 9.17) is 28.3 Å². The predicted molar refractivity (Wildman–Crippen MR) is 67.2 cm³/mol. The van der Waals surface area contributed by atoms with E-state index in [1.165, 1.54) is 0 Å². The summed E-state index contributed by atoms with van der Waals surface area (Å²) in [6.07, 6.45) is 0.736. The van der Waals surface area contributed by atoms with Crippen molar-refractivity contribution in [3.8, 4) is 0 Å². The Kier molecular flexibility index (Phi) is 5.56. The minimum Gasteiger partial charge on any atom is -0.394 e. The maximum atomic E-state index is 9.44. The van der Waals surface area contributed by atoms with Crippen LogP contribution >= 0.6 is 23.2 Å². The summed E-state index contributed by atoms with van der Waals surface area (Å²) in [6, 6.07) is 5.49. The van der Waals surface area contributed by atoms with E-state index in [0.29, 0.717) is 16.5 Å². The lowest BCUT2D eigenvalue weighted by Crippen LogP contribution is -2.16. The van der Waals surface area contributed by atoms with E-state index in [1.807, 2.05) is 19.1 Å². The molecule has 0 aromatic heterocycles. The summed E-state index contributed by atoms with van der Waals surface area (Å²) in [5.74, 6) is 0.192. The van der Waals surface area contributed by atoms with Crippen LogP contribution in [0.1, 0.15) is 31.2 Å². The van der Waals surface area contributed by atoms with Crippen LogP contribution in [0.5, 0.6) is 0 Å². The van der Waals surface area contributed by atoms with Gasteiger partial charge in [-0.2, -0.15) is 0 Å². The lowest BCUT2D eigenvalue weighted by Gasteiger charge is -2.18. The Morgan fingerprint density at radius 2 is 1.94 bits per heavy atom. The van der Waals surface area contributed by atoms with Gasteiger partial charge >= 0.3 is 0 Å². The van der Waals surface area contributed by atoms with Gasteiger partial charge in [-0.3, -0.25) is 0 Å². The van der Waals surface area contributed by atoms with Gasteiger partial charge in [-0.05, 0) is 36.5 Å². The van der Waals surface area contributed by atoms with Crippen LogP contribution in [0.25, 0.3) is 0 Å². The topological polar surface area (TPSA) is 40.5 Å². The molecular formula is C12H16Cl2O2. The average Bonchev–Trinajstić information content (AvgIpc) is 2.29. The summed E-state index contributed by atoms with van der Waals surface area (Å²) in [4.78, 5) is 0. The van der Waals surface area contributed by atoms with Crippen LogP contribution in [0.2, 0.25) is 10.0 Å². The Hall–Kier alpha value is -0.280. The average molecular weight is 263 g/mol. The highest BCUT2D eigenvalue weighted by atomic mass is 35.5. The largest absolute Gasteiger partial charge is 0.394 e. The van der Waals surface area contributed by atoms with Crippen molar-refractivity contribution in [2.45, 2.75) is 31.8 Å². The summed E-state index contributed by atoms with van der Waals surface area (Å²) in [5.41, 5.74) is 1.05. The van der Waals surface area contributed by atoms with E-state index in [-0.39, 0.29) is 12.5 Å². The SMILES string of the molecule is CCC(CC(O)CO)c1ccc(Cl)c(Cl)c1. The zero-order chi connectivity index (χ0) is 12.1. The van der Waals surface area contributed by atoms with Gasteiger partial charge in [0.2, 0.25) is 0 Å². The first-order valence-corrected chi connectivity index (χ1v) is 6.08. The van der Waals surface area contributed by atoms with E-state index in [0.717, 1.165) is 12.0 Å². The van der Waals surface area contributed by atoms with E-state index in [2.05, 4.69) is 0 Å². The molecule has 2 unspecified atom stereocenters. The second kappa shape index (κ2) is 6.45. The molecule has 2 nitrogen and oxygen atoms in total. The number of aliphatic hydroxyl groups excluding tert-OH is 2. The van der Waals surface area contributed by atoms with Crippen molar-refractivity contribution in [3.05, 3.63) is 33.8 Å². The maximum Gasteiger partial charge on any atom is 0.0776 e. The minimum absolute atomic E-state index is 0.192. The van der Waals surface area contributed by atoms with Gasteiger partial charge in [0.1, 0.15) is 0 Å². The number of hydrogen-bond donors (Lipinski definition) is 2. The van der Waals surface area contributed by atoms with Gasteiger partial charge in [0.15, 0.2) is 0 Å². The molecule has 0 saturated carbocycles. The van der Waals surface area contributed by atoms with Crippen molar-refractivity contribution in [1.82, 2.24) is 0 Å². The van der Waals surface area contributed by atoms with Crippen LogP contribution in [0.15, 0.2) is 18.2 Å². The maximum absolute atomic E-state index is 9.44. The van der Waals surface area contributed by atoms with Gasteiger partial charge in [-0.15, -0.1) is 0 Å². The lowest BCUT2D eigenvalue weighted by atomic mass is 9.91. The third-order valence-corrected chi connectivity index (χ3v) is 3.41. The fourth-order valence-electron chi connectivity index (χ4n) is 1.71. The standard InChI is InChI=1S/C12H16Cl2O2/c1-2-8(5-10(16)7-15)9-3-4-11(13)12(14)6-9/h3-4,6,8,10,15-16H,2,5,7H2,1H3. The van der Waals surface area contributed by atoms with Gasteiger partial charge in [-0.1, -0.05) is 36.2 Å². The van der Waals surface area contributed by atoms with Crippen LogP contribution in [-0.2, 0) is 0 Å². The van der Waals surface area contributed by atoms with Crippen LogP contribution in [0.3, 0.4) is 0 Å². The molecule has 2 N–H and O–H groups in total. The fourth-order valence-corrected chi connectivity index (χ4v) is 2.01. The third-order valence-electron chi connectivity index (χ3n) is 2.68. The molecule has 4 heteroatoms. The first-order chi connectivity index (χ1) is 7.58. The number of rotatable bonds is 5. The number of aliphatic hydroxyl groups is 2. The third kappa shape index (κ3) is 3.63. The van der Waals surface area contributed by atoms with Gasteiger partial charge < -0.3 is 10.2 Å². The summed E-state index contributed by atoms with van der Waals surface area (Å²) >= 11 is 11.8. The molecule has 0 bridgehead atoms. The summed E-state index contributed by atoms with van der Waals surface area (Å²) in [6.45, 7) is 1.83. The van der Waals surface area contributed by atoms with Crippen LogP contribution in [0, 0.1) is 0 Å². The van der Waals surface area contributed by atoms with Gasteiger partial charge in [0.05, 0.1) is 22.8 Å².